The third-order valence-corrected chi connectivity index (χ3v) is 12.2. The van der Waals surface area contributed by atoms with Crippen LogP contribution in [0.3, 0.4) is 0 Å². The lowest BCUT2D eigenvalue weighted by molar-refractivity contribution is -0.130. The number of likely N-dealkylation sites (tertiary alicyclic amines) is 1. The van der Waals surface area contributed by atoms with Crippen LogP contribution in [0, 0.1) is 6.92 Å². The second-order valence-corrected chi connectivity index (χ2v) is 16.6. The van der Waals surface area contributed by atoms with Crippen molar-refractivity contribution in [2.75, 3.05) is 25.0 Å². The molecule has 322 valence electrons. The van der Waals surface area contributed by atoms with Crippen LogP contribution in [0.15, 0.2) is 114 Å². The highest BCUT2D eigenvalue weighted by atomic mass is 35.5. The number of hydrogen-bond donors (Lipinski definition) is 6. The molecule has 7 rings (SSSR count). The van der Waals surface area contributed by atoms with Crippen molar-refractivity contribution < 1.29 is 14.4 Å². The van der Waals surface area contributed by atoms with Gasteiger partial charge in [0.1, 0.15) is 12.1 Å². The zero-order chi connectivity index (χ0) is 43.6. The largest absolute Gasteiger partial charge is 0.370 e. The summed E-state index contributed by atoms with van der Waals surface area (Å²) in [6, 6.07) is 32.1. The number of anilines is 1. The lowest BCUT2D eigenvalue weighted by Crippen LogP contribution is -2.55. The molecule has 0 aliphatic carbocycles. The summed E-state index contributed by atoms with van der Waals surface area (Å²) >= 11 is 13.3. The van der Waals surface area contributed by atoms with Crippen LogP contribution < -0.4 is 32.7 Å². The number of nitrogens with zero attached hydrogens (tertiary/aromatic N) is 3. The van der Waals surface area contributed by atoms with E-state index in [2.05, 4.69) is 42.7 Å². The molecule has 1 aliphatic heterocycles. The van der Waals surface area contributed by atoms with E-state index in [0.717, 1.165) is 76.5 Å². The number of nitrogens with one attached hydrogen (secondary N) is 4. The van der Waals surface area contributed by atoms with Crippen LogP contribution >= 0.6 is 23.2 Å². The SMILES string of the molecule is Cc1c(CN2CCCC2)c2cc(NC(=O)N[C@@H](Cc3cccc4ccccc34)C(=O)N[C@@H](CCCN=C(N)N)C(=O)NCc3ccccc3)ccc2n1Cc1c(Cl)cccc1Cl. The Balaban J connectivity index is 1.15. The minimum Gasteiger partial charge on any atom is -0.370 e. The molecule has 1 aliphatic rings. The number of halogens is 2. The van der Waals surface area contributed by atoms with Crippen molar-refractivity contribution in [1.29, 1.82) is 0 Å². The van der Waals surface area contributed by atoms with E-state index >= 15 is 0 Å². The molecule has 0 radical (unpaired) electrons. The van der Waals surface area contributed by atoms with Gasteiger partial charge in [0.25, 0.3) is 0 Å². The van der Waals surface area contributed by atoms with Crippen molar-refractivity contribution in [1.82, 2.24) is 25.4 Å². The zero-order valence-electron chi connectivity index (χ0n) is 34.8. The van der Waals surface area contributed by atoms with E-state index in [1.54, 1.807) is 0 Å². The number of nitrogens with two attached hydrogens (primary N) is 2. The Morgan fingerprint density at radius 1 is 0.758 bits per heavy atom. The van der Waals surface area contributed by atoms with Crippen LogP contribution in [0.4, 0.5) is 10.5 Å². The number of aromatic nitrogens is 1. The van der Waals surface area contributed by atoms with Crippen LogP contribution in [0.1, 0.15) is 53.6 Å². The molecular formula is C48H53Cl2N9O3. The number of carbonyl (C=O) groups is 3. The van der Waals surface area contributed by atoms with Crippen LogP contribution in [0.5, 0.6) is 0 Å². The Kier molecular flexibility index (Phi) is 14.7. The maximum Gasteiger partial charge on any atom is 0.319 e. The standard InChI is InChI=1S/C48H53Cl2N9O3/c1-31-38(29-58-24-7-8-25-58)37-27-35(21-22-44(37)59(31)30-39-40(49)18-10-19-41(39)50)55-48(62)57-43(26-34-16-9-15-33-14-5-6-17-36(33)34)46(61)56-42(20-11-23-53-47(51)52)45(60)54-28-32-12-3-2-4-13-32/h2-6,9-10,12-19,21-22,27,42-43H,7-8,11,20,23-26,28-30H2,1H3,(H,54,60)(H,56,61)(H4,51,52,53)(H2,55,57,62)/t42-,43-/m0/s1. The fourth-order valence-electron chi connectivity index (χ4n) is 8.22. The third-order valence-electron chi connectivity index (χ3n) is 11.5. The van der Waals surface area contributed by atoms with Gasteiger partial charge in [-0.2, -0.15) is 0 Å². The predicted octanol–water partition coefficient (Wildman–Crippen LogP) is 7.64. The molecule has 2 heterocycles. The molecule has 62 heavy (non-hydrogen) atoms. The van der Waals surface area contributed by atoms with Crippen molar-refractivity contribution in [3.8, 4) is 0 Å². The van der Waals surface area contributed by atoms with Crippen molar-refractivity contribution in [3.63, 3.8) is 0 Å². The quantitative estimate of drug-likeness (QED) is 0.0313. The molecule has 0 bridgehead atoms. The number of aliphatic imine (C=N–C) groups is 1. The fraction of sp³-hybridized carbons (Fsp3) is 0.292. The molecular weight excluding hydrogens is 821 g/mol. The summed E-state index contributed by atoms with van der Waals surface area (Å²) in [5, 5.41) is 16.0. The first-order chi connectivity index (χ1) is 30.0. The second-order valence-electron chi connectivity index (χ2n) is 15.8. The van der Waals surface area contributed by atoms with Gasteiger partial charge in [0, 0.05) is 63.9 Å². The lowest BCUT2D eigenvalue weighted by atomic mass is 9.98. The molecule has 1 fully saturated rings. The number of urea groups is 1. The van der Waals surface area contributed by atoms with Gasteiger partial charge < -0.3 is 37.3 Å². The van der Waals surface area contributed by atoms with E-state index in [4.69, 9.17) is 34.7 Å². The molecule has 8 N–H and O–H groups in total. The number of carbonyl (C=O) groups excluding carboxylic acids is 3. The summed E-state index contributed by atoms with van der Waals surface area (Å²) in [5.41, 5.74) is 17.5. The first kappa shape index (κ1) is 44.0. The van der Waals surface area contributed by atoms with Gasteiger partial charge in [0.2, 0.25) is 11.8 Å². The molecule has 0 saturated carbocycles. The maximum atomic E-state index is 14.4. The lowest BCUT2D eigenvalue weighted by Gasteiger charge is -2.24. The molecule has 5 aromatic carbocycles. The topological polar surface area (TPSA) is 172 Å². The first-order valence-corrected chi connectivity index (χ1v) is 21.8. The molecule has 12 nitrogen and oxygen atoms in total. The average molecular weight is 875 g/mol. The average Bonchev–Trinajstić information content (AvgIpc) is 3.87. The zero-order valence-corrected chi connectivity index (χ0v) is 36.3. The molecule has 1 aromatic heterocycles. The van der Waals surface area contributed by atoms with Gasteiger partial charge in [0.15, 0.2) is 5.96 Å². The molecule has 0 spiro atoms. The Hall–Kier alpha value is -6.08. The summed E-state index contributed by atoms with van der Waals surface area (Å²) in [6.07, 6.45) is 3.17. The summed E-state index contributed by atoms with van der Waals surface area (Å²) in [5.74, 6) is -0.928. The van der Waals surface area contributed by atoms with Crippen molar-refractivity contribution in [2.45, 2.75) is 70.7 Å². The summed E-state index contributed by atoms with van der Waals surface area (Å²) < 4.78 is 2.23. The Labute approximate surface area is 372 Å². The molecule has 2 atom stereocenters. The fourth-order valence-corrected chi connectivity index (χ4v) is 8.73. The smallest absolute Gasteiger partial charge is 0.319 e. The number of guanidine groups is 1. The molecule has 1 saturated heterocycles. The highest BCUT2D eigenvalue weighted by Crippen LogP contribution is 2.34. The van der Waals surface area contributed by atoms with Crippen molar-refractivity contribution in [2.24, 2.45) is 16.5 Å². The van der Waals surface area contributed by atoms with Crippen LogP contribution in [0.2, 0.25) is 10.0 Å². The van der Waals surface area contributed by atoms with Gasteiger partial charge in [-0.05, 0) is 103 Å². The number of fused-ring (bicyclic) bond motifs is 2. The van der Waals surface area contributed by atoms with Crippen LogP contribution in [-0.2, 0) is 35.6 Å². The molecule has 0 unspecified atom stereocenters. The minimum absolute atomic E-state index is 0.0545. The third kappa shape index (κ3) is 11.0. The van der Waals surface area contributed by atoms with Gasteiger partial charge in [0.05, 0.1) is 6.54 Å². The minimum atomic E-state index is -1.05. The number of benzene rings is 5. The van der Waals surface area contributed by atoms with Gasteiger partial charge in [-0.15, -0.1) is 0 Å². The van der Waals surface area contributed by atoms with Gasteiger partial charge in [-0.25, -0.2) is 4.79 Å². The Bertz CT molecular complexity index is 2540. The highest BCUT2D eigenvalue weighted by Gasteiger charge is 2.28. The number of hydrogen-bond acceptors (Lipinski definition) is 5. The second kappa shape index (κ2) is 20.7. The van der Waals surface area contributed by atoms with Gasteiger partial charge in [-0.1, -0.05) is 102 Å². The Morgan fingerprint density at radius 3 is 2.23 bits per heavy atom. The van der Waals surface area contributed by atoms with Crippen LogP contribution in [0.25, 0.3) is 21.7 Å². The van der Waals surface area contributed by atoms with E-state index in [-0.39, 0.29) is 37.8 Å². The predicted molar refractivity (Wildman–Crippen MR) is 250 cm³/mol. The molecule has 14 heteroatoms. The van der Waals surface area contributed by atoms with E-state index in [9.17, 15) is 14.4 Å². The normalized spacial score (nSPS) is 13.7. The Morgan fingerprint density at radius 2 is 1.47 bits per heavy atom. The van der Waals surface area contributed by atoms with Crippen molar-refractivity contribution >= 4 is 74.4 Å². The number of amides is 4. The van der Waals surface area contributed by atoms with Gasteiger partial charge >= 0.3 is 6.03 Å². The first-order valence-electron chi connectivity index (χ1n) is 21.0. The van der Waals surface area contributed by atoms with E-state index < -0.39 is 24.0 Å². The maximum absolute atomic E-state index is 14.4. The highest BCUT2D eigenvalue weighted by molar-refractivity contribution is 6.36. The monoisotopic (exact) mass is 873 g/mol. The summed E-state index contributed by atoms with van der Waals surface area (Å²) in [6.45, 7) is 5.97. The van der Waals surface area contributed by atoms with E-state index in [0.29, 0.717) is 28.7 Å². The summed E-state index contributed by atoms with van der Waals surface area (Å²) in [4.78, 5) is 48.6. The van der Waals surface area contributed by atoms with E-state index in [1.165, 1.54) is 5.56 Å². The van der Waals surface area contributed by atoms with Gasteiger partial charge in [-0.3, -0.25) is 19.5 Å². The molecule has 4 amide bonds. The molecule has 6 aromatic rings. The summed E-state index contributed by atoms with van der Waals surface area (Å²) in [7, 11) is 0. The van der Waals surface area contributed by atoms with Crippen LogP contribution in [-0.4, -0.2) is 65.0 Å². The van der Waals surface area contributed by atoms with E-state index in [1.807, 2.05) is 109 Å². The van der Waals surface area contributed by atoms with Crippen molar-refractivity contribution in [3.05, 3.63) is 147 Å². The number of rotatable bonds is 17.